The first-order valence-corrected chi connectivity index (χ1v) is 6.46. The molecule has 1 saturated heterocycles. The van der Waals surface area contributed by atoms with Gasteiger partial charge >= 0.3 is 0 Å². The van der Waals surface area contributed by atoms with Crippen molar-refractivity contribution in [2.45, 2.75) is 33.1 Å². The topological polar surface area (TPSA) is 29.1 Å². The molecule has 1 unspecified atom stereocenters. The molecule has 0 aromatic heterocycles. The highest BCUT2D eigenvalue weighted by Crippen LogP contribution is 2.17. The maximum absolute atomic E-state index is 12.2. The van der Waals surface area contributed by atoms with E-state index in [9.17, 15) is 4.79 Å². The zero-order chi connectivity index (χ0) is 12.3. The maximum Gasteiger partial charge on any atom is 0.141 e. The second-order valence-electron chi connectivity index (χ2n) is 5.12. The van der Waals surface area contributed by atoms with E-state index >= 15 is 0 Å². The summed E-state index contributed by atoms with van der Waals surface area (Å²) in [5, 5.41) is 3.31. The fourth-order valence-corrected chi connectivity index (χ4v) is 2.45. The van der Waals surface area contributed by atoms with Crippen LogP contribution in [0.25, 0.3) is 0 Å². The van der Waals surface area contributed by atoms with Crippen molar-refractivity contribution < 1.29 is 4.79 Å². The molecule has 1 aromatic rings. The molecule has 0 saturated carbocycles. The zero-order valence-corrected chi connectivity index (χ0v) is 10.8. The molecule has 17 heavy (non-hydrogen) atoms. The summed E-state index contributed by atoms with van der Waals surface area (Å²) in [5.74, 6) is 0.620. The highest BCUT2D eigenvalue weighted by atomic mass is 16.1. The van der Waals surface area contributed by atoms with Crippen molar-refractivity contribution in [2.75, 3.05) is 13.1 Å². The molecule has 0 amide bonds. The predicted molar refractivity (Wildman–Crippen MR) is 70.2 cm³/mol. The number of carbonyl (C=O) groups is 1. The second-order valence-corrected chi connectivity index (χ2v) is 5.12. The van der Waals surface area contributed by atoms with Gasteiger partial charge in [0, 0.05) is 18.9 Å². The van der Waals surface area contributed by atoms with E-state index in [1.807, 2.05) is 0 Å². The van der Waals surface area contributed by atoms with Crippen LogP contribution < -0.4 is 5.32 Å². The van der Waals surface area contributed by atoms with Crippen LogP contribution in [0.5, 0.6) is 0 Å². The van der Waals surface area contributed by atoms with Crippen LogP contribution in [0.1, 0.15) is 29.5 Å². The number of aryl methyl sites for hydroxylation is 2. The number of hydrogen-bond acceptors (Lipinski definition) is 2. The normalized spacial score (nSPS) is 20.2. The van der Waals surface area contributed by atoms with Gasteiger partial charge in [0.05, 0.1) is 0 Å². The monoisotopic (exact) mass is 231 g/mol. The summed E-state index contributed by atoms with van der Waals surface area (Å²) in [5.41, 5.74) is 3.66. The number of ketones is 1. The van der Waals surface area contributed by atoms with Crippen LogP contribution in [0.4, 0.5) is 0 Å². The van der Waals surface area contributed by atoms with Gasteiger partial charge in [-0.3, -0.25) is 4.79 Å². The van der Waals surface area contributed by atoms with E-state index in [4.69, 9.17) is 0 Å². The number of piperidine rings is 1. The van der Waals surface area contributed by atoms with Gasteiger partial charge in [0.15, 0.2) is 0 Å². The van der Waals surface area contributed by atoms with Gasteiger partial charge < -0.3 is 5.32 Å². The zero-order valence-electron chi connectivity index (χ0n) is 10.8. The van der Waals surface area contributed by atoms with E-state index in [0.717, 1.165) is 25.9 Å². The van der Waals surface area contributed by atoms with Crippen molar-refractivity contribution in [3.05, 3.63) is 34.9 Å². The van der Waals surface area contributed by atoms with Crippen molar-refractivity contribution in [1.82, 2.24) is 5.32 Å². The molecule has 2 nitrogen and oxygen atoms in total. The molecule has 0 radical (unpaired) electrons. The highest BCUT2D eigenvalue weighted by molar-refractivity contribution is 5.83. The minimum atomic E-state index is 0.226. The predicted octanol–water partition coefficient (Wildman–Crippen LogP) is 2.41. The van der Waals surface area contributed by atoms with Gasteiger partial charge in [0.25, 0.3) is 0 Å². The summed E-state index contributed by atoms with van der Waals surface area (Å²) in [6.45, 7) is 6.09. The standard InChI is InChI=1S/C15H21NO/c1-11-5-6-12(2)14(8-11)9-15(17)13-4-3-7-16-10-13/h5-6,8,13,16H,3-4,7,9-10H2,1-2H3. The minimum absolute atomic E-state index is 0.226. The van der Waals surface area contributed by atoms with Crippen molar-refractivity contribution in [2.24, 2.45) is 5.92 Å². The largest absolute Gasteiger partial charge is 0.316 e. The van der Waals surface area contributed by atoms with E-state index in [1.54, 1.807) is 0 Å². The van der Waals surface area contributed by atoms with Crippen molar-refractivity contribution in [1.29, 1.82) is 0 Å². The Bertz CT molecular complexity index is 405. The van der Waals surface area contributed by atoms with Crippen LogP contribution in [0, 0.1) is 19.8 Å². The van der Waals surface area contributed by atoms with Gasteiger partial charge in [0.2, 0.25) is 0 Å². The van der Waals surface area contributed by atoms with E-state index in [1.165, 1.54) is 16.7 Å². The quantitative estimate of drug-likeness (QED) is 0.865. The Kier molecular flexibility index (Phi) is 3.95. The fourth-order valence-electron chi connectivity index (χ4n) is 2.45. The molecule has 1 N–H and O–H groups in total. The maximum atomic E-state index is 12.2. The third-order valence-corrected chi connectivity index (χ3v) is 3.62. The number of carbonyl (C=O) groups excluding carboxylic acids is 1. The minimum Gasteiger partial charge on any atom is -0.316 e. The summed E-state index contributed by atoms with van der Waals surface area (Å²) >= 11 is 0. The Morgan fingerprint density at radius 2 is 2.24 bits per heavy atom. The lowest BCUT2D eigenvalue weighted by molar-refractivity contribution is -0.122. The molecule has 92 valence electrons. The Morgan fingerprint density at radius 3 is 2.94 bits per heavy atom. The molecule has 1 atom stereocenters. The summed E-state index contributed by atoms with van der Waals surface area (Å²) < 4.78 is 0. The first-order chi connectivity index (χ1) is 8.16. The van der Waals surface area contributed by atoms with Gasteiger partial charge in [-0.15, -0.1) is 0 Å². The average molecular weight is 231 g/mol. The molecule has 1 aliphatic heterocycles. The third-order valence-electron chi connectivity index (χ3n) is 3.62. The molecule has 2 heteroatoms. The van der Waals surface area contributed by atoms with E-state index < -0.39 is 0 Å². The molecular formula is C15H21NO. The van der Waals surface area contributed by atoms with Crippen LogP contribution in [0.2, 0.25) is 0 Å². The van der Waals surface area contributed by atoms with Crippen LogP contribution >= 0.6 is 0 Å². The summed E-state index contributed by atoms with van der Waals surface area (Å²) in [6.07, 6.45) is 2.78. The van der Waals surface area contributed by atoms with Gasteiger partial charge in [-0.2, -0.15) is 0 Å². The molecule has 1 fully saturated rings. The average Bonchev–Trinajstić information content (AvgIpc) is 2.35. The van der Waals surface area contributed by atoms with Gasteiger partial charge in [-0.05, 0) is 44.4 Å². The second kappa shape index (κ2) is 5.46. The molecule has 1 heterocycles. The lowest BCUT2D eigenvalue weighted by Gasteiger charge is -2.21. The lowest BCUT2D eigenvalue weighted by Crippen LogP contribution is -2.35. The third kappa shape index (κ3) is 3.16. The molecule has 0 aliphatic carbocycles. The molecule has 1 aliphatic rings. The summed E-state index contributed by atoms with van der Waals surface area (Å²) in [6, 6.07) is 6.35. The molecular weight excluding hydrogens is 210 g/mol. The number of rotatable bonds is 3. The van der Waals surface area contributed by atoms with Crippen molar-refractivity contribution in [3.63, 3.8) is 0 Å². The van der Waals surface area contributed by atoms with Gasteiger partial charge in [-0.1, -0.05) is 23.8 Å². The molecule has 0 bridgehead atoms. The Morgan fingerprint density at radius 1 is 1.41 bits per heavy atom. The van der Waals surface area contributed by atoms with Crippen LogP contribution in [-0.2, 0) is 11.2 Å². The highest BCUT2D eigenvalue weighted by Gasteiger charge is 2.21. The Labute approximate surface area is 103 Å². The first-order valence-electron chi connectivity index (χ1n) is 6.46. The van der Waals surface area contributed by atoms with E-state index in [2.05, 4.69) is 37.4 Å². The summed E-state index contributed by atoms with van der Waals surface area (Å²) in [4.78, 5) is 12.2. The van der Waals surface area contributed by atoms with Crippen LogP contribution in [-0.4, -0.2) is 18.9 Å². The smallest absolute Gasteiger partial charge is 0.141 e. The van der Waals surface area contributed by atoms with Gasteiger partial charge in [0.1, 0.15) is 5.78 Å². The number of nitrogens with one attached hydrogen (secondary N) is 1. The molecule has 1 aromatic carbocycles. The molecule has 2 rings (SSSR count). The van der Waals surface area contributed by atoms with Crippen molar-refractivity contribution in [3.8, 4) is 0 Å². The van der Waals surface area contributed by atoms with E-state index in [-0.39, 0.29) is 5.92 Å². The number of benzene rings is 1. The van der Waals surface area contributed by atoms with Crippen LogP contribution in [0.3, 0.4) is 0 Å². The first kappa shape index (κ1) is 12.3. The SMILES string of the molecule is Cc1ccc(C)c(CC(=O)C2CCCNC2)c1. The number of hydrogen-bond donors (Lipinski definition) is 1. The Hall–Kier alpha value is -1.15. The number of Topliss-reactive ketones (excluding diaryl/α,β-unsaturated/α-hetero) is 1. The fraction of sp³-hybridized carbons (Fsp3) is 0.533. The lowest BCUT2D eigenvalue weighted by atomic mass is 9.90. The van der Waals surface area contributed by atoms with E-state index in [0.29, 0.717) is 12.2 Å². The Balaban J connectivity index is 2.04. The van der Waals surface area contributed by atoms with Crippen molar-refractivity contribution >= 4 is 5.78 Å². The summed E-state index contributed by atoms with van der Waals surface area (Å²) in [7, 11) is 0. The molecule has 0 spiro atoms. The van der Waals surface area contributed by atoms with Crippen LogP contribution in [0.15, 0.2) is 18.2 Å². The van der Waals surface area contributed by atoms with Gasteiger partial charge in [-0.25, -0.2) is 0 Å².